The molecule has 1 unspecified atom stereocenters. The van der Waals surface area contributed by atoms with E-state index >= 15 is 0 Å². The number of hydrogen-bond donors (Lipinski definition) is 1. The lowest BCUT2D eigenvalue weighted by Crippen LogP contribution is -2.13. The lowest BCUT2D eigenvalue weighted by atomic mass is 10.1. The van der Waals surface area contributed by atoms with Gasteiger partial charge in [0.2, 0.25) is 6.10 Å². The first-order valence-electron chi connectivity index (χ1n) is 6.10. The minimum Gasteiger partial charge on any atom is -0.478 e. The summed E-state index contributed by atoms with van der Waals surface area (Å²) >= 11 is 17.5. The molecule has 4 nitrogen and oxygen atoms in total. The van der Waals surface area contributed by atoms with Crippen molar-refractivity contribution in [3.8, 4) is 0 Å². The minimum atomic E-state index is -1.24. The van der Waals surface area contributed by atoms with Gasteiger partial charge in [-0.3, -0.25) is 0 Å². The molecule has 1 atom stereocenters. The van der Waals surface area contributed by atoms with Crippen LogP contribution in [0.1, 0.15) is 17.2 Å². The summed E-state index contributed by atoms with van der Waals surface area (Å²) in [6, 6.07) is 11.1. The molecule has 22 heavy (non-hydrogen) atoms. The van der Waals surface area contributed by atoms with E-state index in [9.17, 15) is 9.90 Å². The number of oxime groups is 1. The van der Waals surface area contributed by atoms with E-state index in [4.69, 9.17) is 39.6 Å². The van der Waals surface area contributed by atoms with Gasteiger partial charge in [-0.2, -0.15) is 0 Å². The third-order valence-corrected chi connectivity index (χ3v) is 3.53. The zero-order valence-electron chi connectivity index (χ0n) is 11.0. The summed E-state index contributed by atoms with van der Waals surface area (Å²) in [7, 11) is 0. The van der Waals surface area contributed by atoms with E-state index in [1.54, 1.807) is 42.5 Å². The quantitative estimate of drug-likeness (QED) is 0.615. The topological polar surface area (TPSA) is 58.9 Å². The van der Waals surface area contributed by atoms with Crippen molar-refractivity contribution >= 4 is 47.0 Å². The molecule has 0 spiro atoms. The van der Waals surface area contributed by atoms with Crippen LogP contribution in [0.5, 0.6) is 0 Å². The molecule has 2 aromatic rings. The number of hydrogen-bond acceptors (Lipinski definition) is 3. The number of halogens is 3. The normalized spacial score (nSPS) is 12.3. The van der Waals surface area contributed by atoms with Crippen molar-refractivity contribution in [1.29, 1.82) is 0 Å². The Morgan fingerprint density at radius 3 is 2.32 bits per heavy atom. The van der Waals surface area contributed by atoms with Gasteiger partial charge in [-0.25, -0.2) is 4.79 Å². The van der Waals surface area contributed by atoms with Crippen molar-refractivity contribution in [1.82, 2.24) is 0 Å². The monoisotopic (exact) mass is 357 g/mol. The predicted octanol–water partition coefficient (Wildman–Crippen LogP) is 4.82. The maximum Gasteiger partial charge on any atom is 0.352 e. The third kappa shape index (κ3) is 4.37. The molecule has 0 bridgehead atoms. The van der Waals surface area contributed by atoms with Gasteiger partial charge >= 0.3 is 5.97 Å². The Balaban J connectivity index is 2.13. The molecule has 0 amide bonds. The molecule has 7 heteroatoms. The van der Waals surface area contributed by atoms with E-state index in [1.165, 1.54) is 6.21 Å². The Hall–Kier alpha value is -1.75. The largest absolute Gasteiger partial charge is 0.478 e. The number of nitrogens with zero attached hydrogens (tertiary/aromatic N) is 1. The summed E-state index contributed by atoms with van der Waals surface area (Å²) in [4.78, 5) is 16.3. The molecule has 0 fully saturated rings. The molecule has 0 saturated heterocycles. The predicted molar refractivity (Wildman–Crippen MR) is 87.0 cm³/mol. The Morgan fingerprint density at radius 2 is 1.73 bits per heavy atom. The highest BCUT2D eigenvalue weighted by molar-refractivity contribution is 6.36. The van der Waals surface area contributed by atoms with Crippen LogP contribution in [0, 0.1) is 0 Å². The first kappa shape index (κ1) is 16.6. The number of carbonyl (C=O) groups is 1. The molecule has 1 N–H and O–H groups in total. The van der Waals surface area contributed by atoms with Crippen LogP contribution in [0.15, 0.2) is 47.6 Å². The Bertz CT molecular complexity index is 702. The van der Waals surface area contributed by atoms with Crippen molar-refractivity contribution in [2.45, 2.75) is 6.10 Å². The molecule has 0 heterocycles. The van der Waals surface area contributed by atoms with Crippen LogP contribution < -0.4 is 0 Å². The number of carboxylic acid groups (broad SMARTS) is 1. The van der Waals surface area contributed by atoms with Gasteiger partial charge in [0.25, 0.3) is 0 Å². The summed E-state index contributed by atoms with van der Waals surface area (Å²) in [6.07, 6.45) is 0.0874. The molecule has 0 radical (unpaired) electrons. The zero-order chi connectivity index (χ0) is 16.1. The summed E-state index contributed by atoms with van der Waals surface area (Å²) in [5.74, 6) is -1.17. The second-order valence-electron chi connectivity index (χ2n) is 4.28. The van der Waals surface area contributed by atoms with Crippen molar-refractivity contribution in [2.75, 3.05) is 0 Å². The van der Waals surface area contributed by atoms with E-state index in [0.29, 0.717) is 26.2 Å². The van der Waals surface area contributed by atoms with E-state index in [2.05, 4.69) is 5.16 Å². The molecular weight excluding hydrogens is 349 g/mol. The van der Waals surface area contributed by atoms with Crippen LogP contribution >= 0.6 is 34.8 Å². The van der Waals surface area contributed by atoms with Crippen LogP contribution in [-0.2, 0) is 9.63 Å². The van der Waals surface area contributed by atoms with Gasteiger partial charge in [0, 0.05) is 21.2 Å². The second kappa shape index (κ2) is 7.49. The van der Waals surface area contributed by atoms with Crippen LogP contribution in [0.25, 0.3) is 0 Å². The van der Waals surface area contributed by atoms with Gasteiger partial charge in [0.15, 0.2) is 0 Å². The van der Waals surface area contributed by atoms with Crippen LogP contribution in [-0.4, -0.2) is 17.3 Å². The van der Waals surface area contributed by atoms with Gasteiger partial charge in [-0.1, -0.05) is 58.2 Å². The Kier molecular flexibility index (Phi) is 5.66. The summed E-state index contributed by atoms with van der Waals surface area (Å²) < 4.78 is 0. The number of rotatable bonds is 5. The highest BCUT2D eigenvalue weighted by Gasteiger charge is 2.21. The fourth-order valence-electron chi connectivity index (χ4n) is 1.64. The lowest BCUT2D eigenvalue weighted by molar-refractivity contribution is -0.150. The van der Waals surface area contributed by atoms with Gasteiger partial charge in [0.1, 0.15) is 0 Å². The number of carboxylic acids is 1. The van der Waals surface area contributed by atoms with E-state index < -0.39 is 12.1 Å². The highest BCUT2D eigenvalue weighted by Crippen LogP contribution is 2.22. The zero-order valence-corrected chi connectivity index (χ0v) is 13.3. The van der Waals surface area contributed by atoms with E-state index in [0.717, 1.165) is 0 Å². The van der Waals surface area contributed by atoms with Crippen molar-refractivity contribution < 1.29 is 14.7 Å². The van der Waals surface area contributed by atoms with E-state index in [1.807, 2.05) is 0 Å². The van der Waals surface area contributed by atoms with Crippen molar-refractivity contribution in [2.24, 2.45) is 5.16 Å². The molecule has 0 saturated carbocycles. The molecule has 2 rings (SSSR count). The van der Waals surface area contributed by atoms with E-state index in [-0.39, 0.29) is 0 Å². The lowest BCUT2D eigenvalue weighted by Gasteiger charge is -2.10. The average Bonchev–Trinajstić information content (AvgIpc) is 2.46. The summed E-state index contributed by atoms with van der Waals surface area (Å²) in [5, 5.41) is 14.3. The smallest absolute Gasteiger partial charge is 0.352 e. The summed E-state index contributed by atoms with van der Waals surface area (Å²) in [5.41, 5.74) is 0.988. The minimum absolute atomic E-state index is 0.387. The van der Waals surface area contributed by atoms with Gasteiger partial charge < -0.3 is 9.94 Å². The van der Waals surface area contributed by atoms with Gasteiger partial charge in [-0.05, 0) is 24.3 Å². The Labute approximate surface area is 141 Å². The SMILES string of the molecule is O=C(O)C(ON=Cc1ccc(Cl)cc1Cl)c1ccc(Cl)cc1. The number of benzene rings is 2. The summed E-state index contributed by atoms with van der Waals surface area (Å²) in [6.45, 7) is 0. The number of aliphatic carboxylic acids is 1. The maximum absolute atomic E-state index is 11.3. The second-order valence-corrected chi connectivity index (χ2v) is 5.56. The fraction of sp³-hybridized carbons (Fsp3) is 0.0667. The van der Waals surface area contributed by atoms with Gasteiger partial charge in [0.05, 0.1) is 11.2 Å². The molecule has 0 aromatic heterocycles. The Morgan fingerprint density at radius 1 is 1.09 bits per heavy atom. The fourth-order valence-corrected chi connectivity index (χ4v) is 2.22. The molecule has 0 aliphatic rings. The standard InChI is InChI=1S/C15H10Cl3NO3/c16-11-4-1-9(2-5-11)14(15(20)21)22-19-8-10-3-6-12(17)7-13(10)18/h1-8,14H,(H,20,21). The van der Waals surface area contributed by atoms with Crippen LogP contribution in [0.4, 0.5) is 0 Å². The third-order valence-electron chi connectivity index (χ3n) is 2.72. The van der Waals surface area contributed by atoms with Crippen molar-refractivity contribution in [3.63, 3.8) is 0 Å². The maximum atomic E-state index is 11.3. The molecule has 114 valence electrons. The van der Waals surface area contributed by atoms with Crippen LogP contribution in [0.2, 0.25) is 15.1 Å². The van der Waals surface area contributed by atoms with Crippen molar-refractivity contribution in [3.05, 3.63) is 68.7 Å². The van der Waals surface area contributed by atoms with Crippen LogP contribution in [0.3, 0.4) is 0 Å². The first-order chi connectivity index (χ1) is 10.5. The molecule has 0 aliphatic heterocycles. The first-order valence-corrected chi connectivity index (χ1v) is 7.23. The average molecular weight is 359 g/mol. The van der Waals surface area contributed by atoms with Gasteiger partial charge in [-0.15, -0.1) is 0 Å². The molecular formula is C15H10Cl3NO3. The molecule has 2 aromatic carbocycles. The molecule has 0 aliphatic carbocycles. The highest BCUT2D eigenvalue weighted by atomic mass is 35.5.